The fourth-order valence-electron chi connectivity index (χ4n) is 3.58. The second kappa shape index (κ2) is 2.34. The van der Waals surface area contributed by atoms with Crippen molar-refractivity contribution >= 4 is 0 Å². The van der Waals surface area contributed by atoms with Crippen LogP contribution in [-0.2, 0) is 0 Å². The molecule has 2 fully saturated rings. The van der Waals surface area contributed by atoms with Gasteiger partial charge in [0, 0.05) is 12.8 Å². The van der Waals surface area contributed by atoms with Crippen LogP contribution in [0.2, 0.25) is 0 Å². The Morgan fingerprint density at radius 2 is 1.77 bits per heavy atom. The van der Waals surface area contributed by atoms with E-state index in [0.29, 0.717) is 23.7 Å². The summed E-state index contributed by atoms with van der Waals surface area (Å²) in [6.45, 7) is 0. The largest absolute Gasteiger partial charge is 0.248 e. The number of hydrogen-bond acceptors (Lipinski definition) is 0. The Hall–Kier alpha value is -0.400. The summed E-state index contributed by atoms with van der Waals surface area (Å²) in [5.41, 5.74) is 0. The number of allylic oxidation sites excluding steroid dienone is 2. The summed E-state index contributed by atoms with van der Waals surface area (Å²) in [4.78, 5) is 0. The quantitative estimate of drug-likeness (QED) is 0.507. The van der Waals surface area contributed by atoms with E-state index in [2.05, 4.69) is 12.2 Å². The maximum absolute atomic E-state index is 13.1. The molecule has 3 rings (SSSR count). The van der Waals surface area contributed by atoms with Gasteiger partial charge in [-0.15, -0.1) is 0 Å². The molecule has 0 aliphatic heterocycles. The molecule has 0 aromatic rings. The van der Waals surface area contributed by atoms with Gasteiger partial charge >= 0.3 is 0 Å². The first kappa shape index (κ1) is 7.95. The van der Waals surface area contributed by atoms with E-state index in [1.165, 1.54) is 0 Å². The summed E-state index contributed by atoms with van der Waals surface area (Å²) in [6.07, 6.45) is 6.63. The van der Waals surface area contributed by atoms with Gasteiger partial charge in [0.05, 0.1) is 0 Å². The second-order valence-corrected chi connectivity index (χ2v) is 4.87. The van der Waals surface area contributed by atoms with Crippen molar-refractivity contribution < 1.29 is 8.78 Å². The fourth-order valence-corrected chi connectivity index (χ4v) is 3.58. The summed E-state index contributed by atoms with van der Waals surface area (Å²) < 4.78 is 26.3. The molecule has 2 heteroatoms. The topological polar surface area (TPSA) is 0 Å². The molecule has 2 saturated carbocycles. The second-order valence-electron chi connectivity index (χ2n) is 4.87. The van der Waals surface area contributed by atoms with E-state index < -0.39 is 5.92 Å². The molecule has 0 saturated heterocycles. The van der Waals surface area contributed by atoms with Crippen molar-refractivity contribution in [2.45, 2.75) is 31.6 Å². The number of hydrogen-bond donors (Lipinski definition) is 0. The monoisotopic (exact) mass is 184 g/mol. The molecule has 0 amide bonds. The minimum atomic E-state index is -2.36. The third kappa shape index (κ3) is 1.07. The Kier molecular flexibility index (Phi) is 1.43. The molecule has 0 N–H and O–H groups in total. The molecule has 0 nitrogen and oxygen atoms in total. The average Bonchev–Trinajstić information content (AvgIpc) is 2.61. The molecule has 72 valence electrons. The number of rotatable bonds is 0. The Morgan fingerprint density at radius 3 is 2.54 bits per heavy atom. The molecule has 0 heterocycles. The lowest BCUT2D eigenvalue weighted by Gasteiger charge is -2.36. The summed E-state index contributed by atoms with van der Waals surface area (Å²) in [6, 6.07) is 0. The third-order valence-corrected chi connectivity index (χ3v) is 4.18. The lowest BCUT2D eigenvalue weighted by molar-refractivity contribution is -0.0712. The zero-order chi connectivity index (χ0) is 9.05. The summed E-state index contributed by atoms with van der Waals surface area (Å²) in [7, 11) is 0. The van der Waals surface area contributed by atoms with Crippen LogP contribution in [0.3, 0.4) is 0 Å². The highest BCUT2D eigenvalue weighted by molar-refractivity contribution is 5.15. The number of halogens is 2. The van der Waals surface area contributed by atoms with Gasteiger partial charge in [-0.1, -0.05) is 12.2 Å². The van der Waals surface area contributed by atoms with E-state index in [0.717, 1.165) is 12.8 Å². The Balaban J connectivity index is 1.86. The van der Waals surface area contributed by atoms with Gasteiger partial charge in [0.1, 0.15) is 0 Å². The van der Waals surface area contributed by atoms with Crippen molar-refractivity contribution in [3.63, 3.8) is 0 Å². The minimum absolute atomic E-state index is 0.130. The van der Waals surface area contributed by atoms with E-state index in [9.17, 15) is 8.78 Å². The van der Waals surface area contributed by atoms with Gasteiger partial charge in [-0.3, -0.25) is 0 Å². The maximum Gasteiger partial charge on any atom is 0.248 e. The summed E-state index contributed by atoms with van der Waals surface area (Å²) >= 11 is 0. The van der Waals surface area contributed by atoms with E-state index >= 15 is 0 Å². The molecule has 4 atom stereocenters. The lowest BCUT2D eigenvalue weighted by atomic mass is 9.72. The average molecular weight is 184 g/mol. The highest BCUT2D eigenvalue weighted by Gasteiger charge is 2.51. The van der Waals surface area contributed by atoms with Gasteiger partial charge in [-0.05, 0) is 36.5 Å². The van der Waals surface area contributed by atoms with Crippen molar-refractivity contribution in [1.29, 1.82) is 0 Å². The van der Waals surface area contributed by atoms with Crippen molar-refractivity contribution in [2.24, 2.45) is 23.7 Å². The fraction of sp³-hybridized carbons (Fsp3) is 0.818. The van der Waals surface area contributed by atoms with Crippen LogP contribution in [0.4, 0.5) is 8.78 Å². The van der Waals surface area contributed by atoms with E-state index in [1.807, 2.05) is 0 Å². The Morgan fingerprint density at radius 1 is 1.08 bits per heavy atom. The molecular formula is C11H14F2. The first-order chi connectivity index (χ1) is 6.16. The first-order valence-electron chi connectivity index (χ1n) is 5.22. The van der Waals surface area contributed by atoms with Gasteiger partial charge in [0.15, 0.2) is 0 Å². The summed E-state index contributed by atoms with van der Waals surface area (Å²) in [5, 5.41) is 0. The normalized spacial score (nSPS) is 50.9. The molecule has 0 aromatic carbocycles. The molecular weight excluding hydrogens is 170 g/mol. The van der Waals surface area contributed by atoms with Gasteiger partial charge in [-0.2, -0.15) is 0 Å². The van der Waals surface area contributed by atoms with Crippen LogP contribution < -0.4 is 0 Å². The highest BCUT2D eigenvalue weighted by atomic mass is 19.3. The van der Waals surface area contributed by atoms with E-state index in [4.69, 9.17) is 0 Å². The molecule has 3 aliphatic carbocycles. The van der Waals surface area contributed by atoms with Gasteiger partial charge in [0.25, 0.3) is 0 Å². The standard InChI is InChI=1S/C11H14F2/c12-11(13)4-3-9-7-1-2-8(5-7)10(9)6-11/h1-2,7-10H,3-6H2. The molecule has 3 aliphatic rings. The number of alkyl halides is 2. The van der Waals surface area contributed by atoms with Crippen LogP contribution in [0.25, 0.3) is 0 Å². The zero-order valence-corrected chi connectivity index (χ0v) is 7.55. The zero-order valence-electron chi connectivity index (χ0n) is 7.55. The van der Waals surface area contributed by atoms with Crippen LogP contribution in [0.15, 0.2) is 12.2 Å². The summed E-state index contributed by atoms with van der Waals surface area (Å²) in [5.74, 6) is -0.333. The molecule has 0 spiro atoms. The Labute approximate surface area is 77.0 Å². The molecule has 4 unspecified atom stereocenters. The lowest BCUT2D eigenvalue weighted by Crippen LogP contribution is -2.34. The molecule has 2 bridgehead atoms. The van der Waals surface area contributed by atoms with Gasteiger partial charge in [0.2, 0.25) is 5.92 Å². The van der Waals surface area contributed by atoms with Crippen LogP contribution >= 0.6 is 0 Å². The van der Waals surface area contributed by atoms with Crippen LogP contribution in [0, 0.1) is 23.7 Å². The van der Waals surface area contributed by atoms with E-state index in [1.54, 1.807) is 0 Å². The first-order valence-corrected chi connectivity index (χ1v) is 5.22. The van der Waals surface area contributed by atoms with E-state index in [-0.39, 0.29) is 12.8 Å². The molecule has 13 heavy (non-hydrogen) atoms. The maximum atomic E-state index is 13.1. The Bertz CT molecular complexity index is 257. The number of fused-ring (bicyclic) bond motifs is 5. The smallest absolute Gasteiger partial charge is 0.207 e. The minimum Gasteiger partial charge on any atom is -0.207 e. The van der Waals surface area contributed by atoms with Gasteiger partial charge < -0.3 is 0 Å². The highest BCUT2D eigenvalue weighted by Crippen LogP contribution is 2.56. The van der Waals surface area contributed by atoms with Crippen molar-refractivity contribution in [3.8, 4) is 0 Å². The predicted molar refractivity (Wildman–Crippen MR) is 46.5 cm³/mol. The molecule has 0 radical (unpaired) electrons. The van der Waals surface area contributed by atoms with Crippen LogP contribution in [0.5, 0.6) is 0 Å². The van der Waals surface area contributed by atoms with Crippen molar-refractivity contribution in [1.82, 2.24) is 0 Å². The predicted octanol–water partition coefficient (Wildman–Crippen LogP) is 3.24. The molecule has 0 aromatic heterocycles. The third-order valence-electron chi connectivity index (χ3n) is 4.18. The van der Waals surface area contributed by atoms with Crippen molar-refractivity contribution in [3.05, 3.63) is 12.2 Å². The van der Waals surface area contributed by atoms with Crippen molar-refractivity contribution in [2.75, 3.05) is 0 Å². The van der Waals surface area contributed by atoms with Crippen LogP contribution in [0.1, 0.15) is 25.7 Å². The van der Waals surface area contributed by atoms with Crippen LogP contribution in [-0.4, -0.2) is 5.92 Å². The SMILES string of the molecule is FC1(F)CCC2C3C=CC(C3)C2C1. The van der Waals surface area contributed by atoms with Gasteiger partial charge in [-0.25, -0.2) is 8.78 Å².